The fourth-order valence-corrected chi connectivity index (χ4v) is 3.13. The van der Waals surface area contributed by atoms with Crippen LogP contribution in [0, 0.1) is 12.8 Å². The largest absolute Gasteiger partial charge is 0.493 e. The minimum absolute atomic E-state index is 0.0210. The Morgan fingerprint density at radius 3 is 2.65 bits per heavy atom. The number of nitrogens with zero attached hydrogens (tertiary/aromatic N) is 4. The van der Waals surface area contributed by atoms with E-state index in [1.165, 1.54) is 6.20 Å². The number of aromatic nitrogens is 3. The van der Waals surface area contributed by atoms with Crippen molar-refractivity contribution in [1.29, 1.82) is 0 Å². The van der Waals surface area contributed by atoms with Crippen molar-refractivity contribution in [3.05, 3.63) is 41.5 Å². The molecule has 0 bridgehead atoms. The highest BCUT2D eigenvalue weighted by atomic mass is 16.5. The Kier molecular flexibility index (Phi) is 5.20. The topological polar surface area (TPSA) is 103 Å². The minimum Gasteiger partial charge on any atom is -0.493 e. The van der Waals surface area contributed by atoms with Crippen LogP contribution in [0.1, 0.15) is 39.5 Å². The molecule has 3 heterocycles. The quantitative estimate of drug-likeness (QED) is 0.865. The van der Waals surface area contributed by atoms with Gasteiger partial charge in [-0.25, -0.2) is 0 Å². The second-order valence-electron chi connectivity index (χ2n) is 6.58. The zero-order valence-corrected chi connectivity index (χ0v) is 15.0. The van der Waals surface area contributed by atoms with Crippen molar-refractivity contribution in [1.82, 2.24) is 19.7 Å². The lowest BCUT2D eigenvalue weighted by atomic mass is 9.97. The molecule has 0 spiro atoms. The van der Waals surface area contributed by atoms with E-state index in [0.29, 0.717) is 37.1 Å². The molecule has 26 heavy (non-hydrogen) atoms. The molecule has 1 aliphatic rings. The van der Waals surface area contributed by atoms with Gasteiger partial charge in [-0.05, 0) is 37.8 Å². The van der Waals surface area contributed by atoms with E-state index in [-0.39, 0.29) is 11.6 Å². The number of ether oxygens (including phenoxy) is 1. The number of carbonyl (C=O) groups is 2. The Morgan fingerprint density at radius 1 is 1.31 bits per heavy atom. The molecule has 8 heteroatoms. The van der Waals surface area contributed by atoms with Crippen LogP contribution in [0.3, 0.4) is 0 Å². The van der Waals surface area contributed by atoms with E-state index in [2.05, 4.69) is 10.1 Å². The first kappa shape index (κ1) is 17.9. The van der Waals surface area contributed by atoms with Crippen molar-refractivity contribution in [3.8, 4) is 5.75 Å². The smallest absolute Gasteiger partial charge is 0.272 e. The van der Waals surface area contributed by atoms with Gasteiger partial charge in [-0.15, -0.1) is 0 Å². The number of pyridine rings is 1. The summed E-state index contributed by atoms with van der Waals surface area (Å²) in [5.41, 5.74) is 6.87. The zero-order valence-electron chi connectivity index (χ0n) is 15.0. The molecule has 0 atom stereocenters. The summed E-state index contributed by atoms with van der Waals surface area (Å²) in [6, 6.07) is 5.07. The normalized spacial score (nSPS) is 15.1. The average Bonchev–Trinajstić information content (AvgIpc) is 2.98. The van der Waals surface area contributed by atoms with Crippen molar-refractivity contribution in [2.24, 2.45) is 18.7 Å². The van der Waals surface area contributed by atoms with Gasteiger partial charge in [0.15, 0.2) is 0 Å². The highest BCUT2D eigenvalue weighted by molar-refractivity contribution is 5.92. The van der Waals surface area contributed by atoms with Crippen LogP contribution in [0.2, 0.25) is 0 Å². The summed E-state index contributed by atoms with van der Waals surface area (Å²) < 4.78 is 7.41. The molecule has 0 aliphatic carbocycles. The van der Waals surface area contributed by atoms with Gasteiger partial charge >= 0.3 is 0 Å². The van der Waals surface area contributed by atoms with E-state index in [9.17, 15) is 9.59 Å². The predicted octanol–water partition coefficient (Wildman–Crippen LogP) is 1.15. The average molecular weight is 357 g/mol. The molecule has 0 radical (unpaired) electrons. The van der Waals surface area contributed by atoms with Crippen LogP contribution in [0.15, 0.2) is 24.4 Å². The maximum atomic E-state index is 12.6. The molecule has 8 nitrogen and oxygen atoms in total. The molecular formula is C18H23N5O3. The minimum atomic E-state index is -0.576. The van der Waals surface area contributed by atoms with Crippen LogP contribution in [0.25, 0.3) is 0 Å². The Balaban J connectivity index is 1.51. The SMILES string of the molecule is Cc1cc(C(=O)N2CCC(COc3ccnc(C(N)=O)c3)CC2)n(C)n1. The number of nitrogens with two attached hydrogens (primary N) is 1. The number of amides is 2. The molecular weight excluding hydrogens is 334 g/mol. The summed E-state index contributed by atoms with van der Waals surface area (Å²) in [6.07, 6.45) is 3.25. The van der Waals surface area contributed by atoms with E-state index < -0.39 is 5.91 Å². The number of carbonyl (C=O) groups excluding carboxylic acids is 2. The first-order valence-corrected chi connectivity index (χ1v) is 8.62. The molecule has 2 N–H and O–H groups in total. The second kappa shape index (κ2) is 7.55. The zero-order chi connectivity index (χ0) is 18.7. The molecule has 138 valence electrons. The van der Waals surface area contributed by atoms with Crippen LogP contribution in [0.4, 0.5) is 0 Å². The van der Waals surface area contributed by atoms with E-state index in [0.717, 1.165) is 18.5 Å². The Labute approximate surface area is 151 Å². The van der Waals surface area contributed by atoms with E-state index in [1.807, 2.05) is 17.9 Å². The fourth-order valence-electron chi connectivity index (χ4n) is 3.13. The van der Waals surface area contributed by atoms with E-state index in [1.54, 1.807) is 23.9 Å². The van der Waals surface area contributed by atoms with Gasteiger partial charge in [0.25, 0.3) is 11.8 Å². The molecule has 2 aromatic heterocycles. The summed E-state index contributed by atoms with van der Waals surface area (Å²) >= 11 is 0. The van der Waals surface area contributed by atoms with Gasteiger partial charge in [-0.3, -0.25) is 19.3 Å². The third kappa shape index (κ3) is 4.01. The molecule has 1 aliphatic heterocycles. The lowest BCUT2D eigenvalue weighted by molar-refractivity contribution is 0.0650. The van der Waals surface area contributed by atoms with Gasteiger partial charge in [0.2, 0.25) is 0 Å². The first-order chi connectivity index (χ1) is 12.4. The lowest BCUT2D eigenvalue weighted by Crippen LogP contribution is -2.40. The van der Waals surface area contributed by atoms with Gasteiger partial charge in [0.05, 0.1) is 12.3 Å². The van der Waals surface area contributed by atoms with Crippen molar-refractivity contribution in [3.63, 3.8) is 0 Å². The molecule has 2 amide bonds. The van der Waals surface area contributed by atoms with Crippen LogP contribution in [-0.2, 0) is 7.05 Å². The summed E-state index contributed by atoms with van der Waals surface area (Å²) in [6.45, 7) is 3.80. The number of hydrogen-bond acceptors (Lipinski definition) is 5. The summed E-state index contributed by atoms with van der Waals surface area (Å²) in [5.74, 6) is 0.385. The third-order valence-corrected chi connectivity index (χ3v) is 4.59. The Bertz CT molecular complexity index is 809. The predicted molar refractivity (Wildman–Crippen MR) is 94.8 cm³/mol. The molecule has 3 rings (SSSR count). The summed E-state index contributed by atoms with van der Waals surface area (Å²) in [5, 5.41) is 4.24. The third-order valence-electron chi connectivity index (χ3n) is 4.59. The second-order valence-corrected chi connectivity index (χ2v) is 6.58. The Hall–Kier alpha value is -2.90. The van der Waals surface area contributed by atoms with Gasteiger partial charge in [-0.2, -0.15) is 5.10 Å². The van der Waals surface area contributed by atoms with Crippen molar-refractivity contribution < 1.29 is 14.3 Å². The number of rotatable bonds is 5. The van der Waals surface area contributed by atoms with Crippen LogP contribution in [-0.4, -0.2) is 51.2 Å². The maximum Gasteiger partial charge on any atom is 0.272 e. The van der Waals surface area contributed by atoms with Crippen LogP contribution < -0.4 is 10.5 Å². The van der Waals surface area contributed by atoms with Crippen molar-refractivity contribution in [2.75, 3.05) is 19.7 Å². The molecule has 0 aromatic carbocycles. The lowest BCUT2D eigenvalue weighted by Gasteiger charge is -2.31. The van der Waals surface area contributed by atoms with Crippen LogP contribution in [0.5, 0.6) is 5.75 Å². The Morgan fingerprint density at radius 2 is 2.04 bits per heavy atom. The number of hydrogen-bond donors (Lipinski definition) is 1. The van der Waals surface area contributed by atoms with Crippen LogP contribution >= 0.6 is 0 Å². The molecule has 0 saturated carbocycles. The van der Waals surface area contributed by atoms with Gasteiger partial charge in [0.1, 0.15) is 17.1 Å². The maximum absolute atomic E-state index is 12.6. The summed E-state index contributed by atoms with van der Waals surface area (Å²) in [4.78, 5) is 29.5. The fraction of sp³-hybridized carbons (Fsp3) is 0.444. The first-order valence-electron chi connectivity index (χ1n) is 8.62. The van der Waals surface area contributed by atoms with E-state index in [4.69, 9.17) is 10.5 Å². The standard InChI is InChI=1S/C18H23N5O3/c1-12-9-16(22(2)21-12)18(25)23-7-4-13(5-8-23)11-26-14-3-6-20-15(10-14)17(19)24/h3,6,9-10,13H,4-5,7-8,11H2,1-2H3,(H2,19,24). The number of likely N-dealkylation sites (tertiary alicyclic amines) is 1. The molecule has 1 fully saturated rings. The van der Waals surface area contributed by atoms with E-state index >= 15 is 0 Å². The van der Waals surface area contributed by atoms with Gasteiger partial charge in [0, 0.05) is 32.4 Å². The molecule has 1 saturated heterocycles. The highest BCUT2D eigenvalue weighted by Crippen LogP contribution is 2.21. The van der Waals surface area contributed by atoms with Gasteiger partial charge in [-0.1, -0.05) is 0 Å². The monoisotopic (exact) mass is 357 g/mol. The van der Waals surface area contributed by atoms with Crippen molar-refractivity contribution in [2.45, 2.75) is 19.8 Å². The van der Waals surface area contributed by atoms with Crippen molar-refractivity contribution >= 4 is 11.8 Å². The number of primary amides is 1. The number of piperidine rings is 1. The number of aryl methyl sites for hydroxylation is 2. The molecule has 2 aromatic rings. The molecule has 0 unspecified atom stereocenters. The highest BCUT2D eigenvalue weighted by Gasteiger charge is 2.26. The van der Waals surface area contributed by atoms with Gasteiger partial charge < -0.3 is 15.4 Å². The summed E-state index contributed by atoms with van der Waals surface area (Å²) in [7, 11) is 1.79.